The zero-order chi connectivity index (χ0) is 23.7. The number of fused-ring (bicyclic) bond motifs is 2. The van der Waals surface area contributed by atoms with E-state index in [1.54, 1.807) is 18.2 Å². The topological polar surface area (TPSA) is 83.0 Å². The van der Waals surface area contributed by atoms with Crippen LogP contribution >= 0.6 is 11.8 Å². The molecular weight excluding hydrogens is 451 g/mol. The summed E-state index contributed by atoms with van der Waals surface area (Å²) in [5, 5.41) is 8.91. The van der Waals surface area contributed by atoms with E-state index in [-0.39, 0.29) is 18.4 Å². The van der Waals surface area contributed by atoms with Crippen LogP contribution in [0.1, 0.15) is 55.3 Å². The highest BCUT2D eigenvalue weighted by atomic mass is 32.2. The Labute approximate surface area is 203 Å². The average Bonchev–Trinajstić information content (AvgIpc) is 3.58. The molecule has 1 aromatic heterocycles. The second-order valence-corrected chi connectivity index (χ2v) is 10.5. The van der Waals surface area contributed by atoms with E-state index in [2.05, 4.69) is 21.7 Å². The molecule has 2 fully saturated rings. The molecule has 1 heterocycles. The van der Waals surface area contributed by atoms with Crippen LogP contribution in [-0.4, -0.2) is 20.7 Å². The fourth-order valence-electron chi connectivity index (χ4n) is 5.70. The number of ether oxygens (including phenoxy) is 1. The molecule has 5 atom stereocenters. The average molecular weight is 481 g/mol. The van der Waals surface area contributed by atoms with E-state index < -0.39 is 17.0 Å². The molecule has 0 saturated heterocycles. The number of carbonyl (C=O) groups excluding carboxylic acids is 1. The first kappa shape index (κ1) is 22.9. The van der Waals surface area contributed by atoms with Gasteiger partial charge in [0.25, 0.3) is 0 Å². The van der Waals surface area contributed by atoms with Gasteiger partial charge in [0.05, 0.1) is 0 Å². The van der Waals surface area contributed by atoms with Crippen LogP contribution in [0.4, 0.5) is 4.39 Å². The fourth-order valence-corrected chi connectivity index (χ4v) is 6.79. The van der Waals surface area contributed by atoms with Gasteiger partial charge >= 0.3 is 0 Å². The predicted octanol–water partition coefficient (Wildman–Crippen LogP) is 5.31. The zero-order valence-electron chi connectivity index (χ0n) is 19.1. The van der Waals surface area contributed by atoms with Gasteiger partial charge in [-0.15, -0.1) is 10.2 Å². The molecule has 0 aliphatic heterocycles. The molecule has 5 unspecified atom stereocenters. The lowest BCUT2D eigenvalue weighted by atomic mass is 9.84. The van der Waals surface area contributed by atoms with Gasteiger partial charge in [0, 0.05) is 6.04 Å². The molecule has 8 heteroatoms. The second-order valence-electron chi connectivity index (χ2n) is 9.38. The quantitative estimate of drug-likeness (QED) is 0.420. The van der Waals surface area contributed by atoms with Gasteiger partial charge < -0.3 is 10.5 Å². The van der Waals surface area contributed by atoms with Crippen LogP contribution in [0.5, 0.6) is 5.75 Å². The maximum Gasteiger partial charge on any atom is 0.235 e. The van der Waals surface area contributed by atoms with Crippen molar-refractivity contribution >= 4 is 17.7 Å². The van der Waals surface area contributed by atoms with Gasteiger partial charge in [-0.05, 0) is 61.6 Å². The Morgan fingerprint density at radius 1 is 1.15 bits per heavy atom. The SMILES string of the molecule is CC(C1CC2CCC1C2)n1c(COc2ccccc2F)nnc1SC(C(N)=O)c1ccccc1. The molecule has 178 valence electrons. The minimum Gasteiger partial charge on any atom is -0.483 e. The maximum absolute atomic E-state index is 14.1. The van der Waals surface area contributed by atoms with Gasteiger partial charge in [-0.1, -0.05) is 60.6 Å². The van der Waals surface area contributed by atoms with Crippen LogP contribution in [0.3, 0.4) is 0 Å². The molecule has 0 radical (unpaired) electrons. The Hall–Kier alpha value is -2.87. The molecule has 2 aliphatic carbocycles. The largest absolute Gasteiger partial charge is 0.483 e. The molecule has 1 amide bonds. The second kappa shape index (κ2) is 9.78. The van der Waals surface area contributed by atoms with Crippen molar-refractivity contribution in [2.75, 3.05) is 0 Å². The van der Waals surface area contributed by atoms with Crippen LogP contribution in [-0.2, 0) is 11.4 Å². The molecule has 6 nitrogen and oxygen atoms in total. The minimum absolute atomic E-state index is 0.0895. The Morgan fingerprint density at radius 2 is 1.91 bits per heavy atom. The van der Waals surface area contributed by atoms with Crippen LogP contribution in [0.15, 0.2) is 59.8 Å². The van der Waals surface area contributed by atoms with Crippen molar-refractivity contribution in [2.24, 2.45) is 23.5 Å². The van der Waals surface area contributed by atoms with E-state index in [0.717, 1.165) is 11.5 Å². The smallest absolute Gasteiger partial charge is 0.235 e. The third-order valence-corrected chi connectivity index (χ3v) is 8.56. The van der Waals surface area contributed by atoms with E-state index in [1.165, 1.54) is 43.5 Å². The zero-order valence-corrected chi connectivity index (χ0v) is 20.0. The molecule has 3 aromatic rings. The van der Waals surface area contributed by atoms with Gasteiger partial charge in [-0.3, -0.25) is 9.36 Å². The summed E-state index contributed by atoms with van der Waals surface area (Å²) in [6.07, 6.45) is 5.06. The highest BCUT2D eigenvalue weighted by molar-refractivity contribution is 8.00. The first-order valence-corrected chi connectivity index (χ1v) is 12.7. The molecule has 2 aromatic carbocycles. The lowest BCUT2D eigenvalue weighted by Gasteiger charge is -2.30. The standard InChI is InChI=1S/C26H29FN4O2S/c1-16(20-14-17-11-12-19(20)13-17)31-23(15-33-22-10-6-5-9-21(22)27)29-30-26(31)34-24(25(28)32)18-7-3-2-4-8-18/h2-10,16-17,19-20,24H,11-15H2,1H3,(H2,28,32). The first-order chi connectivity index (χ1) is 16.5. The number of para-hydroxylation sites is 1. The molecular formula is C26H29FN4O2S. The van der Waals surface area contributed by atoms with Gasteiger partial charge in [-0.2, -0.15) is 0 Å². The van der Waals surface area contributed by atoms with E-state index >= 15 is 0 Å². The van der Waals surface area contributed by atoms with Crippen molar-refractivity contribution in [3.8, 4) is 5.75 Å². The van der Waals surface area contributed by atoms with E-state index in [1.807, 2.05) is 30.3 Å². The van der Waals surface area contributed by atoms with Crippen molar-refractivity contribution in [1.82, 2.24) is 14.8 Å². The summed E-state index contributed by atoms with van der Waals surface area (Å²) in [5.74, 6) is 1.97. The summed E-state index contributed by atoms with van der Waals surface area (Å²) in [6, 6.07) is 15.9. The summed E-state index contributed by atoms with van der Waals surface area (Å²) >= 11 is 1.31. The van der Waals surface area contributed by atoms with Crippen molar-refractivity contribution in [3.63, 3.8) is 0 Å². The van der Waals surface area contributed by atoms with Crippen LogP contribution in [0.25, 0.3) is 0 Å². The maximum atomic E-state index is 14.1. The van der Waals surface area contributed by atoms with Crippen LogP contribution in [0.2, 0.25) is 0 Å². The summed E-state index contributed by atoms with van der Waals surface area (Å²) in [5.41, 5.74) is 6.61. The molecule has 2 bridgehead atoms. The molecule has 2 saturated carbocycles. The Balaban J connectivity index is 1.45. The molecule has 5 rings (SSSR count). The molecule has 2 N–H and O–H groups in total. The number of thioether (sulfide) groups is 1. The van der Waals surface area contributed by atoms with E-state index in [0.29, 0.717) is 22.8 Å². The summed E-state index contributed by atoms with van der Waals surface area (Å²) < 4.78 is 22.0. The van der Waals surface area contributed by atoms with Gasteiger partial charge in [-0.25, -0.2) is 4.39 Å². The Bertz CT molecular complexity index is 1150. The third kappa shape index (κ3) is 4.56. The molecule has 0 spiro atoms. The number of aromatic nitrogens is 3. The number of primary amides is 1. The van der Waals surface area contributed by atoms with Crippen molar-refractivity contribution in [2.45, 2.75) is 55.7 Å². The predicted molar refractivity (Wildman–Crippen MR) is 129 cm³/mol. The highest BCUT2D eigenvalue weighted by Crippen LogP contribution is 2.53. The van der Waals surface area contributed by atoms with Gasteiger partial charge in [0.1, 0.15) is 11.9 Å². The number of rotatable bonds is 9. The lowest BCUT2D eigenvalue weighted by molar-refractivity contribution is -0.117. The molecule has 34 heavy (non-hydrogen) atoms. The minimum atomic E-state index is -0.586. The number of hydrogen-bond donors (Lipinski definition) is 1. The summed E-state index contributed by atoms with van der Waals surface area (Å²) in [6.45, 7) is 2.29. The van der Waals surface area contributed by atoms with Crippen molar-refractivity contribution in [1.29, 1.82) is 0 Å². The highest BCUT2D eigenvalue weighted by Gasteiger charge is 2.43. The Morgan fingerprint density at radius 3 is 2.59 bits per heavy atom. The number of carbonyl (C=O) groups is 1. The van der Waals surface area contributed by atoms with E-state index in [4.69, 9.17) is 10.5 Å². The van der Waals surface area contributed by atoms with Crippen LogP contribution < -0.4 is 10.5 Å². The van der Waals surface area contributed by atoms with E-state index in [9.17, 15) is 9.18 Å². The number of amides is 1. The third-order valence-electron chi connectivity index (χ3n) is 7.33. The molecule has 2 aliphatic rings. The number of nitrogens with two attached hydrogens (primary N) is 1. The van der Waals surface area contributed by atoms with Crippen LogP contribution in [0, 0.1) is 23.6 Å². The normalized spacial score (nSPS) is 23.1. The Kier molecular flexibility index (Phi) is 6.59. The summed E-state index contributed by atoms with van der Waals surface area (Å²) in [7, 11) is 0. The first-order valence-electron chi connectivity index (χ1n) is 11.8. The van der Waals surface area contributed by atoms with Gasteiger partial charge in [0.2, 0.25) is 5.91 Å². The number of benzene rings is 2. The van der Waals surface area contributed by atoms with Crippen molar-refractivity contribution < 1.29 is 13.9 Å². The number of halogens is 1. The summed E-state index contributed by atoms with van der Waals surface area (Å²) in [4.78, 5) is 12.4. The number of nitrogens with zero attached hydrogens (tertiary/aromatic N) is 3. The lowest BCUT2D eigenvalue weighted by Crippen LogP contribution is -2.25. The fraction of sp³-hybridized carbons (Fsp3) is 0.423. The number of hydrogen-bond acceptors (Lipinski definition) is 5. The van der Waals surface area contributed by atoms with Crippen molar-refractivity contribution in [3.05, 3.63) is 71.8 Å². The van der Waals surface area contributed by atoms with Gasteiger partial charge in [0.15, 0.2) is 22.5 Å². The monoisotopic (exact) mass is 480 g/mol.